The second-order valence-corrected chi connectivity index (χ2v) is 5.29. The van der Waals surface area contributed by atoms with Gasteiger partial charge in [0, 0.05) is 11.7 Å². The highest BCUT2D eigenvalue weighted by molar-refractivity contribution is 5.92. The van der Waals surface area contributed by atoms with Crippen molar-refractivity contribution in [3.05, 3.63) is 29.8 Å². The molecule has 1 amide bonds. The van der Waals surface area contributed by atoms with Gasteiger partial charge in [0.2, 0.25) is 5.91 Å². The summed E-state index contributed by atoms with van der Waals surface area (Å²) in [6.07, 6.45) is 4.73. The van der Waals surface area contributed by atoms with Gasteiger partial charge in [-0.1, -0.05) is 13.3 Å². The molecule has 1 aromatic rings. The molecule has 1 N–H and O–H groups in total. The number of nitrogens with zero attached hydrogens (tertiary/aromatic N) is 2. The molecular formula is C16H21N3O. The van der Waals surface area contributed by atoms with Crippen molar-refractivity contribution in [1.82, 2.24) is 4.90 Å². The second kappa shape index (κ2) is 7.06. The summed E-state index contributed by atoms with van der Waals surface area (Å²) >= 11 is 0. The molecular weight excluding hydrogens is 250 g/mol. The predicted molar refractivity (Wildman–Crippen MR) is 79.3 cm³/mol. The summed E-state index contributed by atoms with van der Waals surface area (Å²) < 4.78 is 0. The predicted octanol–water partition coefficient (Wildman–Crippen LogP) is 2.76. The van der Waals surface area contributed by atoms with Crippen LogP contribution in [-0.2, 0) is 4.79 Å². The lowest BCUT2D eigenvalue weighted by molar-refractivity contribution is -0.117. The van der Waals surface area contributed by atoms with Gasteiger partial charge in [-0.05, 0) is 50.1 Å². The Kier molecular flexibility index (Phi) is 5.14. The van der Waals surface area contributed by atoms with Gasteiger partial charge in [-0.3, -0.25) is 9.69 Å². The fraction of sp³-hybridized carbons (Fsp3) is 0.500. The van der Waals surface area contributed by atoms with Crippen molar-refractivity contribution in [2.24, 2.45) is 0 Å². The first-order valence-corrected chi connectivity index (χ1v) is 7.27. The third-order valence-corrected chi connectivity index (χ3v) is 3.51. The minimum Gasteiger partial charge on any atom is -0.325 e. The van der Waals surface area contributed by atoms with Crippen LogP contribution < -0.4 is 5.32 Å². The van der Waals surface area contributed by atoms with Gasteiger partial charge in [0.1, 0.15) is 0 Å². The molecule has 1 saturated carbocycles. The number of amides is 1. The fourth-order valence-electron chi connectivity index (χ4n) is 2.20. The number of rotatable bonds is 7. The maximum absolute atomic E-state index is 12.1. The van der Waals surface area contributed by atoms with Crippen molar-refractivity contribution in [2.75, 3.05) is 18.4 Å². The molecule has 0 spiro atoms. The molecule has 20 heavy (non-hydrogen) atoms. The number of carbonyl (C=O) groups is 1. The maximum atomic E-state index is 12.1. The van der Waals surface area contributed by atoms with Crippen LogP contribution in [-0.4, -0.2) is 29.9 Å². The standard InChI is InChI=1S/C16H21N3O/c1-2-3-10-19(15-8-9-15)12-16(20)18-14-6-4-13(11-17)5-7-14/h4-7,15H,2-3,8-10,12H2,1H3,(H,18,20). The minimum atomic E-state index is 0.0257. The Morgan fingerprint density at radius 2 is 2.10 bits per heavy atom. The van der Waals surface area contributed by atoms with E-state index >= 15 is 0 Å². The number of unbranched alkanes of at least 4 members (excludes halogenated alkanes) is 1. The van der Waals surface area contributed by atoms with Crippen LogP contribution in [0.15, 0.2) is 24.3 Å². The zero-order valence-corrected chi connectivity index (χ0v) is 11.9. The molecule has 0 unspecified atom stereocenters. The van der Waals surface area contributed by atoms with Crippen LogP contribution in [0.25, 0.3) is 0 Å². The van der Waals surface area contributed by atoms with E-state index in [0.717, 1.165) is 25.1 Å². The highest BCUT2D eigenvalue weighted by atomic mass is 16.2. The van der Waals surface area contributed by atoms with Crippen LogP contribution in [0.2, 0.25) is 0 Å². The van der Waals surface area contributed by atoms with Crippen molar-refractivity contribution in [3.63, 3.8) is 0 Å². The van der Waals surface area contributed by atoms with Crippen LogP contribution >= 0.6 is 0 Å². The van der Waals surface area contributed by atoms with Gasteiger partial charge in [-0.15, -0.1) is 0 Å². The van der Waals surface area contributed by atoms with Gasteiger partial charge >= 0.3 is 0 Å². The van der Waals surface area contributed by atoms with Crippen LogP contribution in [0, 0.1) is 11.3 Å². The Hall–Kier alpha value is -1.86. The Morgan fingerprint density at radius 1 is 1.40 bits per heavy atom. The largest absolute Gasteiger partial charge is 0.325 e. The first-order chi connectivity index (χ1) is 9.72. The zero-order valence-electron chi connectivity index (χ0n) is 11.9. The number of benzene rings is 1. The SMILES string of the molecule is CCCCN(CC(=O)Nc1ccc(C#N)cc1)C1CC1. The third kappa shape index (κ3) is 4.36. The van der Waals surface area contributed by atoms with E-state index in [1.807, 2.05) is 0 Å². The average molecular weight is 271 g/mol. The molecule has 0 radical (unpaired) electrons. The van der Waals surface area contributed by atoms with Gasteiger partial charge in [-0.2, -0.15) is 5.26 Å². The summed E-state index contributed by atoms with van der Waals surface area (Å²) in [5, 5.41) is 11.6. The third-order valence-electron chi connectivity index (χ3n) is 3.51. The number of anilines is 1. The van der Waals surface area contributed by atoms with E-state index in [4.69, 9.17) is 5.26 Å². The minimum absolute atomic E-state index is 0.0257. The number of hydrogen-bond donors (Lipinski definition) is 1. The number of hydrogen-bond acceptors (Lipinski definition) is 3. The van der Waals surface area contributed by atoms with Crippen molar-refractivity contribution in [3.8, 4) is 6.07 Å². The van der Waals surface area contributed by atoms with Crippen molar-refractivity contribution in [1.29, 1.82) is 5.26 Å². The quantitative estimate of drug-likeness (QED) is 0.829. The molecule has 0 aromatic heterocycles. The number of nitrogens with one attached hydrogen (secondary N) is 1. The molecule has 4 heteroatoms. The van der Waals surface area contributed by atoms with E-state index in [0.29, 0.717) is 18.2 Å². The first kappa shape index (κ1) is 14.5. The Bertz CT molecular complexity index is 485. The molecule has 106 valence electrons. The lowest BCUT2D eigenvalue weighted by Gasteiger charge is -2.21. The lowest BCUT2D eigenvalue weighted by atomic mass is 10.2. The fourth-order valence-corrected chi connectivity index (χ4v) is 2.20. The molecule has 4 nitrogen and oxygen atoms in total. The maximum Gasteiger partial charge on any atom is 0.238 e. The molecule has 1 aliphatic carbocycles. The molecule has 0 heterocycles. The molecule has 0 atom stereocenters. The Morgan fingerprint density at radius 3 is 2.65 bits per heavy atom. The van der Waals surface area contributed by atoms with Crippen molar-refractivity contribution >= 4 is 11.6 Å². The van der Waals surface area contributed by atoms with Crippen LogP contribution in [0.5, 0.6) is 0 Å². The molecule has 0 aliphatic heterocycles. The van der Waals surface area contributed by atoms with Gasteiger partial charge < -0.3 is 5.32 Å². The highest BCUT2D eigenvalue weighted by Crippen LogP contribution is 2.26. The van der Waals surface area contributed by atoms with Crippen LogP contribution in [0.4, 0.5) is 5.69 Å². The van der Waals surface area contributed by atoms with Crippen LogP contribution in [0.3, 0.4) is 0 Å². The summed E-state index contributed by atoms with van der Waals surface area (Å²) in [5.74, 6) is 0.0257. The molecule has 0 bridgehead atoms. The summed E-state index contributed by atoms with van der Waals surface area (Å²) in [5.41, 5.74) is 1.35. The van der Waals surface area contributed by atoms with E-state index in [1.165, 1.54) is 12.8 Å². The van der Waals surface area contributed by atoms with E-state index in [2.05, 4.69) is 23.2 Å². The number of nitriles is 1. The molecule has 1 aliphatic rings. The van der Waals surface area contributed by atoms with Gasteiger partial charge in [0.25, 0.3) is 0 Å². The first-order valence-electron chi connectivity index (χ1n) is 7.27. The Balaban J connectivity index is 1.85. The molecule has 2 rings (SSSR count). The van der Waals surface area contributed by atoms with Gasteiger partial charge in [-0.25, -0.2) is 0 Å². The molecule has 1 aromatic carbocycles. The van der Waals surface area contributed by atoms with Gasteiger partial charge in [0.15, 0.2) is 0 Å². The van der Waals surface area contributed by atoms with Gasteiger partial charge in [0.05, 0.1) is 18.2 Å². The summed E-state index contributed by atoms with van der Waals surface area (Å²) in [6, 6.07) is 9.63. The van der Waals surface area contributed by atoms with Crippen molar-refractivity contribution in [2.45, 2.75) is 38.6 Å². The zero-order chi connectivity index (χ0) is 14.4. The second-order valence-electron chi connectivity index (χ2n) is 5.29. The van der Waals surface area contributed by atoms with E-state index in [1.54, 1.807) is 24.3 Å². The lowest BCUT2D eigenvalue weighted by Crippen LogP contribution is -2.35. The summed E-state index contributed by atoms with van der Waals surface area (Å²) in [7, 11) is 0. The summed E-state index contributed by atoms with van der Waals surface area (Å²) in [4.78, 5) is 14.3. The monoisotopic (exact) mass is 271 g/mol. The van der Waals surface area contributed by atoms with E-state index in [-0.39, 0.29) is 5.91 Å². The Labute approximate surface area is 120 Å². The van der Waals surface area contributed by atoms with Crippen molar-refractivity contribution < 1.29 is 4.79 Å². The summed E-state index contributed by atoms with van der Waals surface area (Å²) in [6.45, 7) is 3.63. The van der Waals surface area contributed by atoms with E-state index in [9.17, 15) is 4.79 Å². The topological polar surface area (TPSA) is 56.1 Å². The van der Waals surface area contributed by atoms with Crippen LogP contribution in [0.1, 0.15) is 38.2 Å². The molecule has 1 fully saturated rings. The number of carbonyl (C=O) groups excluding carboxylic acids is 1. The van der Waals surface area contributed by atoms with E-state index < -0.39 is 0 Å². The average Bonchev–Trinajstić information content (AvgIpc) is 3.29. The normalized spacial score (nSPS) is 14.1. The molecule has 0 saturated heterocycles. The smallest absolute Gasteiger partial charge is 0.238 e. The highest BCUT2D eigenvalue weighted by Gasteiger charge is 2.29.